The van der Waals surface area contributed by atoms with Gasteiger partial charge in [-0.15, -0.1) is 0 Å². The number of carbonyl (C=O) groups is 1. The Morgan fingerprint density at radius 2 is 2.00 bits per heavy atom. The zero-order chi connectivity index (χ0) is 24.8. The van der Waals surface area contributed by atoms with Crippen LogP contribution in [0.2, 0.25) is 5.02 Å². The van der Waals surface area contributed by atoms with Gasteiger partial charge in [0.1, 0.15) is 29.1 Å². The third-order valence-corrected chi connectivity index (χ3v) is 7.56. The van der Waals surface area contributed by atoms with E-state index in [4.69, 9.17) is 22.3 Å². The van der Waals surface area contributed by atoms with Crippen LogP contribution in [-0.2, 0) is 11.2 Å². The van der Waals surface area contributed by atoms with E-state index in [9.17, 15) is 4.79 Å². The predicted molar refractivity (Wildman–Crippen MR) is 140 cm³/mol. The molecular weight excluding hydrogens is 474 g/mol. The van der Waals surface area contributed by atoms with Crippen molar-refractivity contribution in [3.63, 3.8) is 0 Å². The van der Waals surface area contributed by atoms with Gasteiger partial charge in [0.15, 0.2) is 5.82 Å². The van der Waals surface area contributed by atoms with E-state index in [1.807, 2.05) is 47.8 Å². The van der Waals surface area contributed by atoms with Crippen LogP contribution in [0.4, 0.5) is 5.82 Å². The molecule has 36 heavy (non-hydrogen) atoms. The summed E-state index contributed by atoms with van der Waals surface area (Å²) in [6.07, 6.45) is 7.09. The lowest BCUT2D eigenvalue weighted by molar-refractivity contribution is -0.123. The molecule has 0 aliphatic heterocycles. The normalized spacial score (nSPS) is 18.2. The van der Waals surface area contributed by atoms with Gasteiger partial charge in [-0.25, -0.2) is 14.5 Å². The minimum atomic E-state index is 0.0591. The number of nitrogens with one attached hydrogen (secondary N) is 1. The largest absolute Gasteiger partial charge is 0.382 e. The highest BCUT2D eigenvalue weighted by Gasteiger charge is 2.31. The molecular formula is C27H26ClN7O. The lowest BCUT2D eigenvalue weighted by Crippen LogP contribution is -2.23. The Morgan fingerprint density at radius 1 is 1.17 bits per heavy atom. The summed E-state index contributed by atoms with van der Waals surface area (Å²) < 4.78 is 1.82. The number of halogens is 1. The fraction of sp³-hybridized carbons (Fsp3) is 0.296. The zero-order valence-electron chi connectivity index (χ0n) is 19.9. The number of benzene rings is 1. The molecule has 1 aromatic carbocycles. The number of pyridine rings is 1. The number of aryl methyl sites for hydroxylation is 1. The maximum atomic E-state index is 13.0. The fourth-order valence-electron chi connectivity index (χ4n) is 5.30. The number of aromatic amines is 1. The van der Waals surface area contributed by atoms with Crippen LogP contribution in [0.25, 0.3) is 27.8 Å². The van der Waals surface area contributed by atoms with Gasteiger partial charge in [0.25, 0.3) is 0 Å². The molecule has 0 atom stereocenters. The fourth-order valence-corrected chi connectivity index (χ4v) is 5.53. The van der Waals surface area contributed by atoms with Gasteiger partial charge in [-0.1, -0.05) is 29.8 Å². The summed E-state index contributed by atoms with van der Waals surface area (Å²) in [4.78, 5) is 29.9. The Kier molecular flexibility index (Phi) is 5.68. The van der Waals surface area contributed by atoms with E-state index in [1.165, 1.54) is 6.33 Å². The standard InChI is InChI=1S/C27H26ClN7O/c1-15-5-6-16(13-30-15)11-22(36)17-7-9-18(10-8-17)27-34-24(25-26(29)31-14-32-35(25)27)21-12-19-3-2-4-20(28)23(19)33-21/h2-6,12-14,17-18,33H,7-11H2,1H3,(H2,29,31,32). The van der Waals surface area contributed by atoms with Crippen LogP contribution in [0.3, 0.4) is 0 Å². The highest BCUT2D eigenvalue weighted by atomic mass is 35.5. The second-order valence-corrected chi connectivity index (χ2v) is 10.0. The summed E-state index contributed by atoms with van der Waals surface area (Å²) in [5.41, 5.74) is 11.3. The number of aromatic nitrogens is 6. The Hall–Kier alpha value is -3.78. The monoisotopic (exact) mass is 499 g/mol. The van der Waals surface area contributed by atoms with Crippen LogP contribution in [-0.4, -0.2) is 35.3 Å². The number of imidazole rings is 1. The number of nitrogen functional groups attached to an aromatic ring is 1. The molecule has 0 amide bonds. The van der Waals surface area contributed by atoms with E-state index >= 15 is 0 Å². The molecule has 0 radical (unpaired) electrons. The second-order valence-electron chi connectivity index (χ2n) is 9.61. The molecule has 3 N–H and O–H groups in total. The van der Waals surface area contributed by atoms with E-state index in [-0.39, 0.29) is 17.6 Å². The number of carbonyl (C=O) groups excluding carboxylic acids is 1. The molecule has 6 rings (SSSR count). The highest BCUT2D eigenvalue weighted by molar-refractivity contribution is 6.35. The summed E-state index contributed by atoms with van der Waals surface area (Å²) in [5.74, 6) is 1.75. The summed E-state index contributed by atoms with van der Waals surface area (Å²) >= 11 is 6.39. The first-order valence-electron chi connectivity index (χ1n) is 12.2. The van der Waals surface area contributed by atoms with Gasteiger partial charge in [0.2, 0.25) is 0 Å². The lowest BCUT2D eigenvalue weighted by atomic mass is 9.78. The van der Waals surface area contributed by atoms with Gasteiger partial charge in [0.05, 0.1) is 16.2 Å². The molecule has 1 saturated carbocycles. The van der Waals surface area contributed by atoms with Gasteiger partial charge >= 0.3 is 0 Å². The van der Waals surface area contributed by atoms with Gasteiger partial charge in [-0.3, -0.25) is 9.78 Å². The topological polar surface area (TPSA) is 115 Å². The average molecular weight is 500 g/mol. The number of hydrogen-bond donors (Lipinski definition) is 2. The molecule has 0 spiro atoms. The summed E-state index contributed by atoms with van der Waals surface area (Å²) in [6, 6.07) is 11.8. The number of Topliss-reactive ketones (excluding diaryl/α,β-unsaturated/α-hetero) is 1. The van der Waals surface area contributed by atoms with Gasteiger partial charge in [0, 0.05) is 35.5 Å². The zero-order valence-corrected chi connectivity index (χ0v) is 20.7. The number of ketones is 1. The minimum Gasteiger partial charge on any atom is -0.382 e. The third kappa shape index (κ3) is 4.01. The van der Waals surface area contributed by atoms with Crippen LogP contribution in [0, 0.1) is 12.8 Å². The first-order valence-corrected chi connectivity index (χ1v) is 12.6. The number of para-hydroxylation sites is 1. The van der Waals surface area contributed by atoms with Crippen molar-refractivity contribution in [2.45, 2.75) is 44.9 Å². The first-order chi connectivity index (χ1) is 17.5. The molecule has 182 valence electrons. The maximum Gasteiger partial charge on any atom is 0.153 e. The van der Waals surface area contributed by atoms with Crippen molar-refractivity contribution in [1.82, 2.24) is 29.5 Å². The Bertz CT molecular complexity index is 1580. The molecule has 1 aliphatic carbocycles. The van der Waals surface area contributed by atoms with Crippen molar-refractivity contribution in [1.29, 1.82) is 0 Å². The van der Waals surface area contributed by atoms with Crippen molar-refractivity contribution in [3.05, 3.63) is 71.0 Å². The minimum absolute atomic E-state index is 0.0591. The van der Waals surface area contributed by atoms with Crippen LogP contribution in [0.15, 0.2) is 48.9 Å². The van der Waals surface area contributed by atoms with E-state index in [1.54, 1.807) is 6.20 Å². The van der Waals surface area contributed by atoms with Gasteiger partial charge in [-0.2, -0.15) is 5.10 Å². The van der Waals surface area contributed by atoms with Gasteiger partial charge < -0.3 is 10.7 Å². The van der Waals surface area contributed by atoms with Crippen molar-refractivity contribution < 1.29 is 4.79 Å². The molecule has 0 bridgehead atoms. The van der Waals surface area contributed by atoms with E-state index in [0.29, 0.717) is 28.5 Å². The predicted octanol–water partition coefficient (Wildman–Crippen LogP) is 5.30. The summed E-state index contributed by atoms with van der Waals surface area (Å²) in [6.45, 7) is 1.95. The molecule has 8 nitrogen and oxygen atoms in total. The van der Waals surface area contributed by atoms with Crippen LogP contribution in [0.1, 0.15) is 48.7 Å². The highest BCUT2D eigenvalue weighted by Crippen LogP contribution is 2.39. The molecule has 0 saturated heterocycles. The average Bonchev–Trinajstić information content (AvgIpc) is 3.49. The quantitative estimate of drug-likeness (QED) is 0.339. The van der Waals surface area contributed by atoms with Gasteiger partial charge in [-0.05, 0) is 56.4 Å². The van der Waals surface area contributed by atoms with E-state index < -0.39 is 0 Å². The number of H-pyrrole nitrogens is 1. The summed E-state index contributed by atoms with van der Waals surface area (Å²) in [7, 11) is 0. The Morgan fingerprint density at radius 3 is 2.75 bits per heavy atom. The first kappa shape index (κ1) is 22.7. The number of hydrogen-bond acceptors (Lipinski definition) is 6. The Labute approximate surface area is 212 Å². The molecule has 4 aromatic heterocycles. The molecule has 9 heteroatoms. The molecule has 1 aliphatic rings. The van der Waals surface area contributed by atoms with Crippen LogP contribution in [0.5, 0.6) is 0 Å². The SMILES string of the molecule is Cc1ccc(CC(=O)C2CCC(c3nc(-c4cc5cccc(Cl)c5[nH]4)c4c(N)ncnn34)CC2)cn1. The maximum absolute atomic E-state index is 13.0. The number of anilines is 1. The van der Waals surface area contributed by atoms with Crippen molar-refractivity contribution in [3.8, 4) is 11.4 Å². The van der Waals surface area contributed by atoms with Crippen molar-refractivity contribution in [2.75, 3.05) is 5.73 Å². The molecule has 1 fully saturated rings. The Balaban J connectivity index is 1.27. The lowest BCUT2D eigenvalue weighted by Gasteiger charge is -2.26. The van der Waals surface area contributed by atoms with E-state index in [0.717, 1.165) is 59.4 Å². The molecule has 0 unspecified atom stereocenters. The summed E-state index contributed by atoms with van der Waals surface area (Å²) in [5, 5.41) is 6.15. The van der Waals surface area contributed by atoms with Crippen LogP contribution < -0.4 is 5.73 Å². The molecule has 5 aromatic rings. The third-order valence-electron chi connectivity index (χ3n) is 7.25. The number of nitrogens with zero attached hydrogens (tertiary/aromatic N) is 5. The second kappa shape index (κ2) is 9.02. The number of nitrogens with two attached hydrogens (primary N) is 1. The van der Waals surface area contributed by atoms with Crippen LogP contribution >= 0.6 is 11.6 Å². The number of rotatable bonds is 5. The smallest absolute Gasteiger partial charge is 0.153 e. The van der Waals surface area contributed by atoms with Crippen molar-refractivity contribution >= 4 is 39.6 Å². The molecule has 4 heterocycles. The van der Waals surface area contributed by atoms with Crippen molar-refractivity contribution in [2.24, 2.45) is 5.92 Å². The van der Waals surface area contributed by atoms with E-state index in [2.05, 4.69) is 20.1 Å². The number of fused-ring (bicyclic) bond motifs is 2.